The van der Waals surface area contributed by atoms with Gasteiger partial charge in [0.15, 0.2) is 12.2 Å². The van der Waals surface area contributed by atoms with Gasteiger partial charge >= 0.3 is 5.97 Å². The van der Waals surface area contributed by atoms with Crippen LogP contribution in [0.4, 0.5) is 0 Å². The Morgan fingerprint density at radius 2 is 1.17 bits per heavy atom. The molecule has 3 atom stereocenters. The number of esters is 1. The Bertz CT molecular complexity index is 846. The lowest BCUT2D eigenvalue weighted by Crippen LogP contribution is -2.39. The third-order valence-electron chi connectivity index (χ3n) is 5.22. The fourth-order valence-electron chi connectivity index (χ4n) is 3.74. The quantitative estimate of drug-likeness (QED) is 0.500. The Hall–Kier alpha value is -2.99. The topological polar surface area (TPSA) is 76.0 Å². The first-order valence-electron chi connectivity index (χ1n) is 9.50. The smallest absolute Gasteiger partial charge is 0.338 e. The molecule has 0 spiro atoms. The van der Waals surface area contributed by atoms with Crippen LogP contribution in [0, 0.1) is 0 Å². The van der Waals surface area contributed by atoms with Crippen LogP contribution in [0.15, 0.2) is 91.0 Å². The zero-order valence-corrected chi connectivity index (χ0v) is 15.7. The van der Waals surface area contributed by atoms with Gasteiger partial charge in [-0.3, -0.25) is 0 Å². The van der Waals surface area contributed by atoms with Crippen LogP contribution in [0.5, 0.6) is 0 Å². The van der Waals surface area contributed by atoms with Gasteiger partial charge < -0.3 is 19.7 Å². The second-order valence-corrected chi connectivity index (χ2v) is 7.00. The van der Waals surface area contributed by atoms with E-state index >= 15 is 0 Å². The van der Waals surface area contributed by atoms with Gasteiger partial charge in [0.25, 0.3) is 0 Å². The summed E-state index contributed by atoms with van der Waals surface area (Å²) in [4.78, 5) is 11.6. The van der Waals surface area contributed by atoms with E-state index < -0.39 is 29.9 Å². The number of hydrogen-bond donors (Lipinski definition) is 2. The summed E-state index contributed by atoms with van der Waals surface area (Å²) >= 11 is 0. The highest BCUT2D eigenvalue weighted by atomic mass is 16.6. The van der Waals surface area contributed by atoms with Crippen LogP contribution in [-0.4, -0.2) is 41.1 Å². The zero-order valence-electron chi connectivity index (χ0n) is 15.7. The molecule has 1 fully saturated rings. The Labute approximate surface area is 169 Å². The lowest BCUT2D eigenvalue weighted by Gasteiger charge is -2.36. The third-order valence-corrected chi connectivity index (χ3v) is 5.22. The number of aliphatic hydroxyl groups is 2. The van der Waals surface area contributed by atoms with Crippen molar-refractivity contribution >= 4 is 5.97 Å². The number of benzene rings is 3. The molecule has 0 aliphatic carbocycles. The maximum Gasteiger partial charge on any atom is 0.338 e. The summed E-state index contributed by atoms with van der Waals surface area (Å²) in [6.45, 7) is -0.0807. The summed E-state index contributed by atoms with van der Waals surface area (Å²) in [6.07, 6.45) is -3.83. The summed E-state index contributed by atoms with van der Waals surface area (Å²) in [7, 11) is 0. The average Bonchev–Trinajstić information content (AvgIpc) is 3.03. The normalized spacial score (nSPS) is 21.7. The van der Waals surface area contributed by atoms with E-state index in [1.165, 1.54) is 0 Å². The van der Waals surface area contributed by atoms with Crippen LogP contribution in [0.25, 0.3) is 0 Å². The van der Waals surface area contributed by atoms with E-state index in [1.54, 1.807) is 0 Å². The molecule has 3 aromatic rings. The first-order valence-corrected chi connectivity index (χ1v) is 9.50. The minimum Gasteiger partial charge on any atom is -0.455 e. The fourth-order valence-corrected chi connectivity index (χ4v) is 3.74. The minimum atomic E-state index is -1.55. The molecule has 5 heteroatoms. The fraction of sp³-hybridized carbons (Fsp3) is 0.208. The van der Waals surface area contributed by atoms with E-state index in [2.05, 4.69) is 0 Å². The van der Waals surface area contributed by atoms with Crippen molar-refractivity contribution in [3.8, 4) is 0 Å². The average molecular weight is 390 g/mol. The van der Waals surface area contributed by atoms with Crippen molar-refractivity contribution in [3.63, 3.8) is 0 Å². The molecular formula is C24H22O5. The molecule has 3 aromatic carbocycles. The first-order chi connectivity index (χ1) is 14.1. The summed E-state index contributed by atoms with van der Waals surface area (Å²) in [5.74, 6) is -0.837. The van der Waals surface area contributed by atoms with E-state index in [0.29, 0.717) is 0 Å². The number of rotatable bonds is 6. The molecule has 1 aliphatic rings. The van der Waals surface area contributed by atoms with Crippen molar-refractivity contribution in [1.29, 1.82) is 0 Å². The molecule has 4 rings (SSSR count). The van der Waals surface area contributed by atoms with Gasteiger partial charge in [0.1, 0.15) is 11.7 Å². The summed E-state index contributed by atoms with van der Waals surface area (Å²) in [6, 6.07) is 29.3. The van der Waals surface area contributed by atoms with Crippen molar-refractivity contribution in [2.24, 2.45) is 0 Å². The van der Waals surface area contributed by atoms with Crippen LogP contribution in [0.2, 0.25) is 0 Å². The minimum absolute atomic E-state index is 0.0807. The molecule has 5 nitrogen and oxygen atoms in total. The molecule has 0 saturated carbocycles. The predicted octanol–water partition coefficient (Wildman–Crippen LogP) is 2.64. The van der Waals surface area contributed by atoms with Gasteiger partial charge in [-0.25, -0.2) is 4.79 Å². The largest absolute Gasteiger partial charge is 0.455 e. The highest BCUT2D eigenvalue weighted by Crippen LogP contribution is 2.40. The Morgan fingerprint density at radius 3 is 1.52 bits per heavy atom. The standard InChI is InChI=1S/C24H22O5/c25-21-20(29-23(27)22(21)26)16-28-24(17-10-4-1-5-11-17,18-12-6-2-7-13-18)19-14-8-3-9-15-19/h1-15,20-22,25-26H,16H2/t20-,21+,22+/m0/s1. The van der Waals surface area contributed by atoms with Gasteiger partial charge in [0.2, 0.25) is 0 Å². The van der Waals surface area contributed by atoms with E-state index in [4.69, 9.17) is 9.47 Å². The van der Waals surface area contributed by atoms with Crippen LogP contribution in [0.3, 0.4) is 0 Å². The van der Waals surface area contributed by atoms with E-state index in [1.807, 2.05) is 91.0 Å². The van der Waals surface area contributed by atoms with E-state index in [9.17, 15) is 15.0 Å². The Balaban J connectivity index is 1.81. The number of cyclic esters (lactones) is 1. The highest BCUT2D eigenvalue weighted by molar-refractivity contribution is 5.77. The Morgan fingerprint density at radius 1 is 0.759 bits per heavy atom. The molecule has 1 saturated heterocycles. The highest BCUT2D eigenvalue weighted by Gasteiger charge is 2.45. The van der Waals surface area contributed by atoms with Gasteiger partial charge in [-0.2, -0.15) is 0 Å². The number of hydrogen-bond acceptors (Lipinski definition) is 5. The predicted molar refractivity (Wildman–Crippen MR) is 107 cm³/mol. The number of aliphatic hydroxyl groups excluding tert-OH is 2. The van der Waals surface area contributed by atoms with Crippen molar-refractivity contribution in [2.75, 3.05) is 6.61 Å². The SMILES string of the molecule is O=C1O[C@@H](COC(c2ccccc2)(c2ccccc2)c2ccccc2)[C@@H](O)[C@H]1O. The molecule has 0 aromatic heterocycles. The molecule has 0 amide bonds. The van der Waals surface area contributed by atoms with Crippen LogP contribution in [0.1, 0.15) is 16.7 Å². The van der Waals surface area contributed by atoms with Gasteiger partial charge in [0.05, 0.1) is 6.61 Å². The third kappa shape index (κ3) is 3.56. The van der Waals surface area contributed by atoms with Crippen LogP contribution >= 0.6 is 0 Å². The van der Waals surface area contributed by atoms with Gasteiger partial charge in [0, 0.05) is 0 Å². The van der Waals surface area contributed by atoms with Gasteiger partial charge in [-0.1, -0.05) is 91.0 Å². The molecule has 2 N–H and O–H groups in total. The molecule has 148 valence electrons. The van der Waals surface area contributed by atoms with Crippen molar-refractivity contribution < 1.29 is 24.5 Å². The second kappa shape index (κ2) is 8.17. The molecule has 0 radical (unpaired) electrons. The van der Waals surface area contributed by atoms with Crippen molar-refractivity contribution in [2.45, 2.75) is 23.9 Å². The van der Waals surface area contributed by atoms with Crippen LogP contribution < -0.4 is 0 Å². The molecule has 1 heterocycles. The summed E-state index contributed by atoms with van der Waals surface area (Å²) in [5.41, 5.74) is 1.72. The number of carbonyl (C=O) groups excluding carboxylic acids is 1. The molecular weight excluding hydrogens is 368 g/mol. The van der Waals surface area contributed by atoms with Crippen molar-refractivity contribution in [1.82, 2.24) is 0 Å². The van der Waals surface area contributed by atoms with Gasteiger partial charge in [-0.05, 0) is 16.7 Å². The molecule has 1 aliphatic heterocycles. The Kier molecular flexibility index (Phi) is 5.45. The lowest BCUT2D eigenvalue weighted by atomic mass is 9.80. The van der Waals surface area contributed by atoms with Crippen LogP contribution in [-0.2, 0) is 19.9 Å². The van der Waals surface area contributed by atoms with E-state index in [-0.39, 0.29) is 6.61 Å². The zero-order chi connectivity index (χ0) is 20.3. The maximum atomic E-state index is 11.6. The second-order valence-electron chi connectivity index (χ2n) is 7.00. The summed E-state index contributed by atoms with van der Waals surface area (Å²) < 4.78 is 11.6. The van der Waals surface area contributed by atoms with Crippen molar-refractivity contribution in [3.05, 3.63) is 108 Å². The first kappa shape index (κ1) is 19.3. The number of ether oxygens (including phenoxy) is 2. The monoisotopic (exact) mass is 390 g/mol. The molecule has 0 unspecified atom stereocenters. The molecule has 0 bridgehead atoms. The van der Waals surface area contributed by atoms with E-state index in [0.717, 1.165) is 16.7 Å². The van der Waals surface area contributed by atoms with Gasteiger partial charge in [-0.15, -0.1) is 0 Å². The summed E-state index contributed by atoms with van der Waals surface area (Å²) in [5, 5.41) is 19.9. The maximum absolute atomic E-state index is 11.6. The molecule has 29 heavy (non-hydrogen) atoms. The number of carbonyl (C=O) groups is 1. The lowest BCUT2D eigenvalue weighted by molar-refractivity contribution is -0.150.